The largest absolute Gasteiger partial charge is 0.497 e. The number of hydrogen-bond donors (Lipinski definition) is 2. The molecule has 2 atom stereocenters. The minimum absolute atomic E-state index is 0.00634. The maximum atomic E-state index is 12.4. The number of urea groups is 1. The van der Waals surface area contributed by atoms with Gasteiger partial charge in [0, 0.05) is 25.9 Å². The normalized spacial score (nSPS) is 19.3. The van der Waals surface area contributed by atoms with Crippen LogP contribution in [0.15, 0.2) is 43.0 Å². The third-order valence-electron chi connectivity index (χ3n) is 4.74. The van der Waals surface area contributed by atoms with E-state index in [0.717, 1.165) is 17.7 Å². The predicted molar refractivity (Wildman–Crippen MR) is 101 cm³/mol. The highest BCUT2D eigenvalue weighted by Gasteiger charge is 2.32. The Hall–Kier alpha value is -3.16. The average Bonchev–Trinajstić information content (AvgIpc) is 2.68. The number of nitrogens with one attached hydrogen (secondary N) is 2. The molecule has 0 bridgehead atoms. The van der Waals surface area contributed by atoms with Crippen molar-refractivity contribution >= 4 is 17.6 Å². The zero-order valence-corrected chi connectivity index (χ0v) is 15.4. The summed E-state index contributed by atoms with van der Waals surface area (Å²) in [6.07, 6.45) is 5.21. The molecular weight excluding hydrogens is 346 g/mol. The SMILES string of the molecule is COc1ccc([C@@H]2CCN(C(C)=O)C[C@H]2NC(=O)Nc2cncnc2)cc1. The summed E-state index contributed by atoms with van der Waals surface area (Å²) >= 11 is 0. The topological polar surface area (TPSA) is 96.5 Å². The molecule has 27 heavy (non-hydrogen) atoms. The first-order valence-corrected chi connectivity index (χ1v) is 8.79. The van der Waals surface area contributed by atoms with Crippen LogP contribution in [0.1, 0.15) is 24.8 Å². The number of carbonyl (C=O) groups excluding carboxylic acids is 2. The van der Waals surface area contributed by atoms with Crippen molar-refractivity contribution < 1.29 is 14.3 Å². The second-order valence-electron chi connectivity index (χ2n) is 6.47. The van der Waals surface area contributed by atoms with Crippen LogP contribution in [-0.2, 0) is 4.79 Å². The minimum Gasteiger partial charge on any atom is -0.497 e. The molecule has 3 rings (SSSR count). The molecule has 0 radical (unpaired) electrons. The van der Waals surface area contributed by atoms with Gasteiger partial charge in [0.2, 0.25) is 5.91 Å². The molecule has 0 spiro atoms. The maximum absolute atomic E-state index is 12.4. The molecule has 0 aliphatic carbocycles. The van der Waals surface area contributed by atoms with Crippen LogP contribution in [0.4, 0.5) is 10.5 Å². The van der Waals surface area contributed by atoms with Crippen LogP contribution < -0.4 is 15.4 Å². The van der Waals surface area contributed by atoms with Crippen LogP contribution in [0, 0.1) is 0 Å². The van der Waals surface area contributed by atoms with Gasteiger partial charge >= 0.3 is 6.03 Å². The summed E-state index contributed by atoms with van der Waals surface area (Å²) < 4.78 is 5.22. The lowest BCUT2D eigenvalue weighted by atomic mass is 9.85. The van der Waals surface area contributed by atoms with E-state index in [4.69, 9.17) is 4.74 Å². The van der Waals surface area contributed by atoms with Crippen LogP contribution in [0.5, 0.6) is 5.75 Å². The molecule has 1 fully saturated rings. The van der Waals surface area contributed by atoms with Gasteiger partial charge in [-0.15, -0.1) is 0 Å². The molecule has 0 unspecified atom stereocenters. The molecule has 1 saturated heterocycles. The van der Waals surface area contributed by atoms with Crippen molar-refractivity contribution in [1.82, 2.24) is 20.2 Å². The number of nitrogens with zero attached hydrogens (tertiary/aromatic N) is 3. The zero-order chi connectivity index (χ0) is 19.2. The molecule has 2 heterocycles. The van der Waals surface area contributed by atoms with E-state index in [2.05, 4.69) is 20.6 Å². The van der Waals surface area contributed by atoms with Gasteiger partial charge in [0.1, 0.15) is 12.1 Å². The second kappa shape index (κ2) is 8.48. The number of piperidine rings is 1. The lowest BCUT2D eigenvalue weighted by molar-refractivity contribution is -0.130. The van der Waals surface area contributed by atoms with Crippen molar-refractivity contribution in [3.63, 3.8) is 0 Å². The number of rotatable bonds is 4. The van der Waals surface area contributed by atoms with Gasteiger partial charge in [-0.3, -0.25) is 4.79 Å². The molecule has 1 aliphatic heterocycles. The number of likely N-dealkylation sites (tertiary alicyclic amines) is 1. The molecule has 3 amide bonds. The fraction of sp³-hybridized carbons (Fsp3) is 0.368. The number of amides is 3. The van der Waals surface area contributed by atoms with E-state index in [0.29, 0.717) is 18.8 Å². The molecule has 142 valence electrons. The second-order valence-corrected chi connectivity index (χ2v) is 6.47. The Morgan fingerprint density at radius 3 is 2.52 bits per heavy atom. The quantitative estimate of drug-likeness (QED) is 0.859. The number of methoxy groups -OCH3 is 1. The summed E-state index contributed by atoms with van der Waals surface area (Å²) in [7, 11) is 1.63. The molecule has 8 heteroatoms. The molecule has 2 aromatic rings. The zero-order valence-electron chi connectivity index (χ0n) is 15.4. The number of benzene rings is 1. The number of hydrogen-bond acceptors (Lipinski definition) is 5. The fourth-order valence-electron chi connectivity index (χ4n) is 3.33. The van der Waals surface area contributed by atoms with Crippen molar-refractivity contribution in [3.8, 4) is 5.75 Å². The van der Waals surface area contributed by atoms with Crippen LogP contribution >= 0.6 is 0 Å². The highest BCUT2D eigenvalue weighted by atomic mass is 16.5. The van der Waals surface area contributed by atoms with Crippen LogP contribution in [0.25, 0.3) is 0 Å². The van der Waals surface area contributed by atoms with Gasteiger partial charge in [-0.05, 0) is 24.1 Å². The first-order valence-electron chi connectivity index (χ1n) is 8.79. The highest BCUT2D eigenvalue weighted by molar-refractivity contribution is 5.89. The van der Waals surface area contributed by atoms with Crippen molar-refractivity contribution in [1.29, 1.82) is 0 Å². The Bertz CT molecular complexity index is 782. The molecular formula is C19H23N5O3. The summed E-state index contributed by atoms with van der Waals surface area (Å²) in [4.78, 5) is 33.8. The Kier molecular flexibility index (Phi) is 5.85. The Labute approximate surface area is 158 Å². The smallest absolute Gasteiger partial charge is 0.319 e. The van der Waals surface area contributed by atoms with Crippen LogP contribution in [-0.4, -0.2) is 53.0 Å². The van der Waals surface area contributed by atoms with Gasteiger partial charge in [-0.2, -0.15) is 0 Å². The van der Waals surface area contributed by atoms with Gasteiger partial charge in [-0.25, -0.2) is 14.8 Å². The summed E-state index contributed by atoms with van der Waals surface area (Å²) in [6.45, 7) is 2.68. The lowest BCUT2D eigenvalue weighted by Gasteiger charge is -2.38. The average molecular weight is 369 g/mol. The maximum Gasteiger partial charge on any atom is 0.319 e. The van der Waals surface area contributed by atoms with Crippen LogP contribution in [0.3, 0.4) is 0 Å². The van der Waals surface area contributed by atoms with E-state index in [9.17, 15) is 9.59 Å². The molecule has 0 saturated carbocycles. The van der Waals surface area contributed by atoms with E-state index in [-0.39, 0.29) is 23.9 Å². The predicted octanol–water partition coefficient (Wildman–Crippen LogP) is 2.01. The van der Waals surface area contributed by atoms with Gasteiger partial charge in [-0.1, -0.05) is 12.1 Å². The van der Waals surface area contributed by atoms with E-state index in [1.807, 2.05) is 24.3 Å². The molecule has 1 aromatic heterocycles. The van der Waals surface area contributed by atoms with Crippen molar-refractivity contribution in [3.05, 3.63) is 48.5 Å². The minimum atomic E-state index is -0.348. The third kappa shape index (κ3) is 4.72. The third-order valence-corrected chi connectivity index (χ3v) is 4.74. The first kappa shape index (κ1) is 18.6. The summed E-state index contributed by atoms with van der Waals surface area (Å²) in [5, 5.41) is 5.72. The highest BCUT2D eigenvalue weighted by Crippen LogP contribution is 2.30. The lowest BCUT2D eigenvalue weighted by Crippen LogP contribution is -2.53. The van der Waals surface area contributed by atoms with Gasteiger partial charge in [0.15, 0.2) is 0 Å². The number of carbonyl (C=O) groups is 2. The van der Waals surface area contributed by atoms with Crippen molar-refractivity contribution in [2.75, 3.05) is 25.5 Å². The van der Waals surface area contributed by atoms with E-state index in [1.54, 1.807) is 18.9 Å². The summed E-state index contributed by atoms with van der Waals surface area (Å²) in [6, 6.07) is 7.27. The first-order chi connectivity index (χ1) is 13.1. The fourth-order valence-corrected chi connectivity index (χ4v) is 3.33. The van der Waals surface area contributed by atoms with Crippen molar-refractivity contribution in [2.24, 2.45) is 0 Å². The van der Waals surface area contributed by atoms with Crippen molar-refractivity contribution in [2.45, 2.75) is 25.3 Å². The van der Waals surface area contributed by atoms with E-state index >= 15 is 0 Å². The van der Waals surface area contributed by atoms with Crippen LogP contribution in [0.2, 0.25) is 0 Å². The van der Waals surface area contributed by atoms with Gasteiger partial charge in [0.05, 0.1) is 31.2 Å². The molecule has 2 N–H and O–H groups in total. The van der Waals surface area contributed by atoms with E-state index in [1.165, 1.54) is 18.7 Å². The Balaban J connectivity index is 1.74. The summed E-state index contributed by atoms with van der Waals surface area (Å²) in [5.74, 6) is 0.891. The van der Waals surface area contributed by atoms with Gasteiger partial charge in [0.25, 0.3) is 0 Å². The monoisotopic (exact) mass is 369 g/mol. The van der Waals surface area contributed by atoms with E-state index < -0.39 is 0 Å². The number of ether oxygens (including phenoxy) is 1. The molecule has 8 nitrogen and oxygen atoms in total. The summed E-state index contributed by atoms with van der Waals surface area (Å²) in [5.41, 5.74) is 1.61. The van der Waals surface area contributed by atoms with Gasteiger partial charge < -0.3 is 20.3 Å². The number of anilines is 1. The Morgan fingerprint density at radius 2 is 1.89 bits per heavy atom. The number of aromatic nitrogens is 2. The molecule has 1 aliphatic rings. The Morgan fingerprint density at radius 1 is 1.19 bits per heavy atom. The molecule has 1 aromatic carbocycles. The standard InChI is InChI=1S/C19H23N5O3/c1-13(25)24-8-7-17(14-3-5-16(27-2)6-4-14)18(11-24)23-19(26)22-15-9-20-12-21-10-15/h3-6,9-10,12,17-18H,7-8,11H2,1-2H3,(H2,22,23,26)/t17-,18+/m0/s1.